The highest BCUT2D eigenvalue weighted by Gasteiger charge is 2.14. The maximum Gasteiger partial charge on any atom is 0.256 e. The number of carbonyl (C=O) groups is 1. The average Bonchev–Trinajstić information content (AvgIpc) is 2.79. The topological polar surface area (TPSA) is 58.6 Å². The molecule has 4 nitrogen and oxygen atoms in total. The molecule has 0 atom stereocenters. The molecule has 0 aliphatic rings. The number of aliphatic hydroxyl groups is 1. The van der Waals surface area contributed by atoms with Crippen LogP contribution in [-0.4, -0.2) is 24.7 Å². The van der Waals surface area contributed by atoms with Crippen molar-refractivity contribution in [2.45, 2.75) is 20.3 Å². The van der Waals surface area contributed by atoms with Crippen molar-refractivity contribution in [1.29, 1.82) is 0 Å². The van der Waals surface area contributed by atoms with Crippen molar-refractivity contribution in [2.24, 2.45) is 0 Å². The number of thiophene rings is 1. The number of ether oxygens (including phenoxy) is 1. The lowest BCUT2D eigenvalue weighted by atomic mass is 10.1. The van der Waals surface area contributed by atoms with Crippen molar-refractivity contribution in [3.8, 4) is 5.75 Å². The van der Waals surface area contributed by atoms with Crippen LogP contribution in [0.5, 0.6) is 5.75 Å². The zero-order chi connectivity index (χ0) is 15.4. The Morgan fingerprint density at radius 3 is 2.67 bits per heavy atom. The fraction of sp³-hybridized carbons (Fsp3) is 0.312. The number of hydrogen-bond acceptors (Lipinski definition) is 4. The van der Waals surface area contributed by atoms with Crippen molar-refractivity contribution in [1.82, 2.24) is 0 Å². The molecule has 0 aliphatic heterocycles. The van der Waals surface area contributed by atoms with Crippen LogP contribution in [0.2, 0.25) is 0 Å². The minimum Gasteiger partial charge on any atom is -0.495 e. The predicted octanol–water partition coefficient (Wildman–Crippen LogP) is 3.16. The number of anilines is 1. The van der Waals surface area contributed by atoms with Crippen LogP contribution in [0.4, 0.5) is 5.69 Å². The van der Waals surface area contributed by atoms with Crippen LogP contribution in [0.3, 0.4) is 0 Å². The Morgan fingerprint density at radius 1 is 1.33 bits per heavy atom. The molecule has 0 aliphatic carbocycles. The molecule has 2 aromatic rings. The Morgan fingerprint density at radius 2 is 2.10 bits per heavy atom. The zero-order valence-corrected chi connectivity index (χ0v) is 13.2. The van der Waals surface area contributed by atoms with Gasteiger partial charge in [-0.3, -0.25) is 4.79 Å². The van der Waals surface area contributed by atoms with Crippen LogP contribution in [-0.2, 0) is 6.42 Å². The average molecular weight is 305 g/mol. The number of hydrogen-bond donors (Lipinski definition) is 2. The Labute approximate surface area is 128 Å². The standard InChI is InChI=1S/C16H19NO3S/c1-10-8-13(11(2)21-10)16(19)17-14-5-4-12(6-7-18)9-15(14)20-3/h4-5,8-9,18H,6-7H2,1-3H3,(H,17,19). The van der Waals surface area contributed by atoms with E-state index in [1.54, 1.807) is 24.5 Å². The minimum absolute atomic E-state index is 0.0856. The molecule has 21 heavy (non-hydrogen) atoms. The van der Waals surface area contributed by atoms with E-state index in [2.05, 4.69) is 5.32 Å². The third-order valence-corrected chi connectivity index (χ3v) is 4.17. The van der Waals surface area contributed by atoms with Gasteiger partial charge >= 0.3 is 0 Å². The Bertz CT molecular complexity index is 649. The van der Waals surface area contributed by atoms with E-state index in [0.717, 1.165) is 15.3 Å². The first kappa shape index (κ1) is 15.5. The molecule has 0 unspecified atom stereocenters. The van der Waals surface area contributed by atoms with E-state index in [0.29, 0.717) is 23.4 Å². The fourth-order valence-corrected chi connectivity index (χ4v) is 3.09. The van der Waals surface area contributed by atoms with Gasteiger partial charge in [0.15, 0.2) is 0 Å². The molecule has 0 saturated carbocycles. The van der Waals surface area contributed by atoms with E-state index in [9.17, 15) is 4.79 Å². The quantitative estimate of drug-likeness (QED) is 0.892. The third-order valence-electron chi connectivity index (χ3n) is 3.20. The molecule has 0 radical (unpaired) electrons. The van der Waals surface area contributed by atoms with Gasteiger partial charge in [-0.25, -0.2) is 0 Å². The summed E-state index contributed by atoms with van der Waals surface area (Å²) in [5.74, 6) is 0.462. The number of nitrogens with one attached hydrogen (secondary N) is 1. The van der Waals surface area contributed by atoms with Crippen LogP contribution in [0, 0.1) is 13.8 Å². The van der Waals surface area contributed by atoms with Gasteiger partial charge in [0.1, 0.15) is 5.75 Å². The number of amides is 1. The van der Waals surface area contributed by atoms with Gasteiger partial charge in [-0.15, -0.1) is 11.3 Å². The molecule has 1 aromatic carbocycles. The van der Waals surface area contributed by atoms with Crippen molar-refractivity contribution < 1.29 is 14.6 Å². The van der Waals surface area contributed by atoms with Crippen molar-refractivity contribution in [2.75, 3.05) is 19.0 Å². The lowest BCUT2D eigenvalue weighted by Gasteiger charge is -2.11. The predicted molar refractivity (Wildman–Crippen MR) is 85.5 cm³/mol. The van der Waals surface area contributed by atoms with Crippen LogP contribution >= 0.6 is 11.3 Å². The van der Waals surface area contributed by atoms with Crippen LogP contribution < -0.4 is 10.1 Å². The van der Waals surface area contributed by atoms with Gasteiger partial charge in [0.05, 0.1) is 18.4 Å². The number of carbonyl (C=O) groups excluding carboxylic acids is 1. The summed E-state index contributed by atoms with van der Waals surface area (Å²) in [5, 5.41) is 11.9. The summed E-state index contributed by atoms with van der Waals surface area (Å²) in [6.45, 7) is 4.01. The fourth-order valence-electron chi connectivity index (χ4n) is 2.17. The van der Waals surface area contributed by atoms with Crippen LogP contribution in [0.25, 0.3) is 0 Å². The maximum atomic E-state index is 12.3. The lowest BCUT2D eigenvalue weighted by molar-refractivity contribution is 0.102. The summed E-state index contributed by atoms with van der Waals surface area (Å²) in [5.41, 5.74) is 2.29. The molecule has 2 rings (SSSR count). The van der Waals surface area contributed by atoms with Crippen molar-refractivity contribution >= 4 is 22.9 Å². The Hall–Kier alpha value is -1.85. The smallest absolute Gasteiger partial charge is 0.256 e. The Kier molecular flexibility index (Phi) is 4.98. The molecule has 1 amide bonds. The number of aliphatic hydroxyl groups excluding tert-OH is 1. The van der Waals surface area contributed by atoms with Gasteiger partial charge in [-0.05, 0) is 44.0 Å². The lowest BCUT2D eigenvalue weighted by Crippen LogP contribution is -2.13. The first-order valence-corrected chi connectivity index (χ1v) is 7.53. The number of benzene rings is 1. The summed E-state index contributed by atoms with van der Waals surface area (Å²) < 4.78 is 5.31. The molecule has 2 N–H and O–H groups in total. The van der Waals surface area contributed by atoms with E-state index < -0.39 is 0 Å². The van der Waals surface area contributed by atoms with E-state index in [-0.39, 0.29) is 12.5 Å². The number of rotatable bonds is 5. The first-order valence-electron chi connectivity index (χ1n) is 6.71. The highest BCUT2D eigenvalue weighted by atomic mass is 32.1. The summed E-state index contributed by atoms with van der Waals surface area (Å²) in [6, 6.07) is 7.40. The van der Waals surface area contributed by atoms with Gasteiger partial charge < -0.3 is 15.2 Å². The number of aryl methyl sites for hydroxylation is 2. The third kappa shape index (κ3) is 3.62. The summed E-state index contributed by atoms with van der Waals surface area (Å²) in [7, 11) is 1.56. The van der Waals surface area contributed by atoms with Gasteiger partial charge in [0.25, 0.3) is 5.91 Å². The summed E-state index contributed by atoms with van der Waals surface area (Å²) >= 11 is 1.61. The van der Waals surface area contributed by atoms with Crippen molar-refractivity contribution in [3.63, 3.8) is 0 Å². The van der Waals surface area contributed by atoms with E-state index in [1.807, 2.05) is 32.0 Å². The van der Waals surface area contributed by atoms with Crippen LogP contribution in [0.1, 0.15) is 25.7 Å². The summed E-state index contributed by atoms with van der Waals surface area (Å²) in [6.07, 6.45) is 0.563. The SMILES string of the molecule is COc1cc(CCO)ccc1NC(=O)c1cc(C)sc1C. The van der Waals surface area contributed by atoms with Gasteiger partial charge in [0, 0.05) is 16.4 Å². The molecule has 112 valence electrons. The normalized spacial score (nSPS) is 10.5. The molecule has 0 bridgehead atoms. The van der Waals surface area contributed by atoms with Crippen molar-refractivity contribution in [3.05, 3.63) is 45.1 Å². The molecule has 0 fully saturated rings. The van der Waals surface area contributed by atoms with Gasteiger partial charge in [-0.1, -0.05) is 6.07 Å². The molecule has 1 heterocycles. The van der Waals surface area contributed by atoms with Gasteiger partial charge in [-0.2, -0.15) is 0 Å². The largest absolute Gasteiger partial charge is 0.495 e. The van der Waals surface area contributed by atoms with Gasteiger partial charge in [0.2, 0.25) is 0 Å². The highest BCUT2D eigenvalue weighted by molar-refractivity contribution is 7.12. The van der Waals surface area contributed by atoms with E-state index >= 15 is 0 Å². The minimum atomic E-state index is -0.134. The summed E-state index contributed by atoms with van der Waals surface area (Å²) in [4.78, 5) is 14.4. The van der Waals surface area contributed by atoms with E-state index in [4.69, 9.17) is 9.84 Å². The monoisotopic (exact) mass is 305 g/mol. The second-order valence-electron chi connectivity index (χ2n) is 4.79. The Balaban J connectivity index is 2.22. The molecule has 0 saturated heterocycles. The first-order chi connectivity index (χ1) is 10.0. The second kappa shape index (κ2) is 6.74. The van der Waals surface area contributed by atoms with E-state index in [1.165, 1.54) is 0 Å². The highest BCUT2D eigenvalue weighted by Crippen LogP contribution is 2.28. The molecule has 5 heteroatoms. The zero-order valence-electron chi connectivity index (χ0n) is 12.4. The second-order valence-corrected chi connectivity index (χ2v) is 6.25. The van der Waals surface area contributed by atoms with Crippen LogP contribution in [0.15, 0.2) is 24.3 Å². The molecular weight excluding hydrogens is 286 g/mol. The number of methoxy groups -OCH3 is 1. The molecule has 1 aromatic heterocycles. The molecule has 0 spiro atoms. The molecular formula is C16H19NO3S. The maximum absolute atomic E-state index is 12.3.